The van der Waals surface area contributed by atoms with Crippen LogP contribution in [-0.2, 0) is 20.7 Å². The molecule has 0 saturated carbocycles. The molecule has 5 N–H and O–H groups in total. The topological polar surface area (TPSA) is 167 Å². The van der Waals surface area contributed by atoms with Crippen LogP contribution < -0.4 is 5.32 Å². The van der Waals surface area contributed by atoms with Gasteiger partial charge < -0.3 is 30.5 Å². The molecule has 1 saturated heterocycles. The molecule has 1 aromatic heterocycles. The highest BCUT2D eigenvalue weighted by Crippen LogP contribution is 2.28. The van der Waals surface area contributed by atoms with Crippen molar-refractivity contribution < 1.29 is 34.8 Å². The summed E-state index contributed by atoms with van der Waals surface area (Å²) in [5.74, 6) is -1.34. The average molecular weight is 358 g/mol. The molecule has 2 heterocycles. The quantitative estimate of drug-likeness (QED) is 0.363. The van der Waals surface area contributed by atoms with Gasteiger partial charge in [-0.05, 0) is 12.8 Å². The number of carboxylic acids is 1. The minimum atomic E-state index is -1.38. The van der Waals surface area contributed by atoms with Crippen molar-refractivity contribution in [3.63, 3.8) is 0 Å². The van der Waals surface area contributed by atoms with Crippen LogP contribution in [0.3, 0.4) is 0 Å². The summed E-state index contributed by atoms with van der Waals surface area (Å²) in [7, 11) is 0. The van der Waals surface area contributed by atoms with Crippen LogP contribution in [-0.4, -0.2) is 78.3 Å². The first-order valence-corrected chi connectivity index (χ1v) is 7.85. The van der Waals surface area contributed by atoms with Crippen molar-refractivity contribution in [2.75, 3.05) is 6.61 Å². The molecular weight excluding hydrogens is 336 g/mol. The standard InChI is InChI=1S/C14H22N4O7/c1-7(20)15-11-13(24)12(23)9(6-19)25-14(11)18-5-8(16-17-18)3-2-4-10(21)22/h5,9,11-14,19,23-24H,2-4,6H2,1H3,(H,15,20)(H,21,22). The lowest BCUT2D eigenvalue weighted by Gasteiger charge is -2.42. The average Bonchev–Trinajstić information content (AvgIpc) is 3.00. The number of aromatic nitrogens is 3. The van der Waals surface area contributed by atoms with Gasteiger partial charge in [-0.25, -0.2) is 4.68 Å². The molecule has 1 aromatic rings. The first-order valence-electron chi connectivity index (χ1n) is 7.85. The maximum atomic E-state index is 11.4. The molecule has 1 aliphatic rings. The summed E-state index contributed by atoms with van der Waals surface area (Å²) >= 11 is 0. The Balaban J connectivity index is 2.16. The summed E-state index contributed by atoms with van der Waals surface area (Å²) in [6.07, 6.45) is -2.51. The van der Waals surface area contributed by atoms with E-state index in [0.29, 0.717) is 18.5 Å². The maximum Gasteiger partial charge on any atom is 0.303 e. The van der Waals surface area contributed by atoms with Gasteiger partial charge in [0.05, 0.1) is 18.5 Å². The molecule has 11 nitrogen and oxygen atoms in total. The number of aliphatic carboxylic acids is 1. The Morgan fingerprint density at radius 2 is 2.08 bits per heavy atom. The summed E-state index contributed by atoms with van der Waals surface area (Å²) in [5.41, 5.74) is 0.521. The van der Waals surface area contributed by atoms with Crippen molar-refractivity contribution in [1.29, 1.82) is 0 Å². The highest BCUT2D eigenvalue weighted by atomic mass is 16.5. The minimum absolute atomic E-state index is 0.00119. The van der Waals surface area contributed by atoms with E-state index >= 15 is 0 Å². The number of carboxylic acid groups (broad SMARTS) is 1. The smallest absolute Gasteiger partial charge is 0.303 e. The second kappa shape index (κ2) is 8.34. The van der Waals surface area contributed by atoms with Gasteiger partial charge in [0.2, 0.25) is 5.91 Å². The van der Waals surface area contributed by atoms with Crippen LogP contribution >= 0.6 is 0 Å². The summed E-state index contributed by atoms with van der Waals surface area (Å²) in [6, 6.07) is -0.996. The zero-order valence-electron chi connectivity index (χ0n) is 13.6. The number of aryl methyl sites for hydroxylation is 1. The Kier molecular flexibility index (Phi) is 6.42. The number of ether oxygens (including phenoxy) is 1. The van der Waals surface area contributed by atoms with E-state index in [9.17, 15) is 24.9 Å². The fourth-order valence-corrected chi connectivity index (χ4v) is 2.69. The fourth-order valence-electron chi connectivity index (χ4n) is 2.69. The number of hydrogen-bond donors (Lipinski definition) is 5. The van der Waals surface area contributed by atoms with Gasteiger partial charge in [-0.3, -0.25) is 9.59 Å². The molecular formula is C14H22N4O7. The van der Waals surface area contributed by atoms with Crippen molar-refractivity contribution in [2.45, 2.75) is 56.8 Å². The normalized spacial score (nSPS) is 29.4. The van der Waals surface area contributed by atoms with Crippen molar-refractivity contribution in [3.05, 3.63) is 11.9 Å². The molecule has 5 unspecified atom stereocenters. The Labute approximate surface area is 143 Å². The number of amides is 1. The summed E-state index contributed by atoms with van der Waals surface area (Å²) < 4.78 is 6.84. The van der Waals surface area contributed by atoms with Gasteiger partial charge in [0, 0.05) is 13.3 Å². The maximum absolute atomic E-state index is 11.4. The van der Waals surface area contributed by atoms with Crippen molar-refractivity contribution >= 4 is 11.9 Å². The predicted molar refractivity (Wildman–Crippen MR) is 81.2 cm³/mol. The third-order valence-corrected chi connectivity index (χ3v) is 3.91. The van der Waals surface area contributed by atoms with Gasteiger partial charge in [-0.2, -0.15) is 0 Å². The van der Waals surface area contributed by atoms with E-state index in [0.717, 1.165) is 0 Å². The fraction of sp³-hybridized carbons (Fsp3) is 0.714. The highest BCUT2D eigenvalue weighted by molar-refractivity contribution is 5.73. The molecule has 0 aliphatic carbocycles. The third-order valence-electron chi connectivity index (χ3n) is 3.91. The monoisotopic (exact) mass is 358 g/mol. The molecule has 1 amide bonds. The van der Waals surface area contributed by atoms with Gasteiger partial charge in [0.25, 0.3) is 0 Å². The zero-order chi connectivity index (χ0) is 18.6. The van der Waals surface area contributed by atoms with Crippen LogP contribution in [0.5, 0.6) is 0 Å². The largest absolute Gasteiger partial charge is 0.481 e. The Bertz CT molecular complexity index is 608. The van der Waals surface area contributed by atoms with E-state index in [1.54, 1.807) is 0 Å². The highest BCUT2D eigenvalue weighted by Gasteiger charge is 2.46. The summed E-state index contributed by atoms with van der Waals surface area (Å²) in [4.78, 5) is 21.9. The van der Waals surface area contributed by atoms with Crippen LogP contribution in [0, 0.1) is 0 Å². The molecule has 0 radical (unpaired) electrons. The molecule has 25 heavy (non-hydrogen) atoms. The Hall–Kier alpha value is -2.08. The number of hydrogen-bond acceptors (Lipinski definition) is 8. The molecule has 1 aliphatic heterocycles. The van der Waals surface area contributed by atoms with Gasteiger partial charge in [-0.15, -0.1) is 5.10 Å². The molecule has 2 rings (SSSR count). The van der Waals surface area contributed by atoms with Crippen LogP contribution in [0.1, 0.15) is 31.7 Å². The van der Waals surface area contributed by atoms with Crippen LogP contribution in [0.2, 0.25) is 0 Å². The second-order valence-electron chi connectivity index (χ2n) is 5.89. The van der Waals surface area contributed by atoms with Crippen LogP contribution in [0.4, 0.5) is 0 Å². The lowest BCUT2D eigenvalue weighted by molar-refractivity contribution is -0.219. The van der Waals surface area contributed by atoms with E-state index < -0.39 is 49.1 Å². The van der Waals surface area contributed by atoms with E-state index in [-0.39, 0.29) is 6.42 Å². The summed E-state index contributed by atoms with van der Waals surface area (Å²) in [6.45, 7) is 0.731. The van der Waals surface area contributed by atoms with E-state index in [1.165, 1.54) is 17.8 Å². The summed E-state index contributed by atoms with van der Waals surface area (Å²) in [5, 5.41) is 48.5. The van der Waals surface area contributed by atoms with Crippen molar-refractivity contribution in [3.8, 4) is 0 Å². The lowest BCUT2D eigenvalue weighted by Crippen LogP contribution is -2.62. The number of nitrogens with one attached hydrogen (secondary N) is 1. The predicted octanol–water partition coefficient (Wildman–Crippen LogP) is -2.20. The Morgan fingerprint density at radius 1 is 1.36 bits per heavy atom. The molecule has 5 atom stereocenters. The molecule has 0 spiro atoms. The van der Waals surface area contributed by atoms with Gasteiger partial charge >= 0.3 is 5.97 Å². The van der Waals surface area contributed by atoms with Gasteiger partial charge in [0.15, 0.2) is 6.23 Å². The SMILES string of the molecule is CC(=O)NC1C(O)C(O)C(CO)OC1n1cc(CCCC(=O)O)nn1. The van der Waals surface area contributed by atoms with Crippen molar-refractivity contribution in [1.82, 2.24) is 20.3 Å². The number of nitrogens with zero attached hydrogens (tertiary/aromatic N) is 3. The third kappa shape index (κ3) is 4.72. The molecule has 0 aromatic carbocycles. The number of aliphatic hydroxyl groups is 3. The van der Waals surface area contributed by atoms with Crippen LogP contribution in [0.15, 0.2) is 6.20 Å². The number of carbonyl (C=O) groups excluding carboxylic acids is 1. The molecule has 140 valence electrons. The van der Waals surface area contributed by atoms with Gasteiger partial charge in [-0.1, -0.05) is 5.21 Å². The van der Waals surface area contributed by atoms with E-state index in [4.69, 9.17) is 9.84 Å². The first kappa shape index (κ1) is 19.2. The molecule has 11 heteroatoms. The van der Waals surface area contributed by atoms with Crippen LogP contribution in [0.25, 0.3) is 0 Å². The van der Waals surface area contributed by atoms with E-state index in [2.05, 4.69) is 15.6 Å². The molecule has 1 fully saturated rings. The number of aliphatic hydroxyl groups excluding tert-OH is 3. The minimum Gasteiger partial charge on any atom is -0.481 e. The first-order chi connectivity index (χ1) is 11.8. The lowest BCUT2D eigenvalue weighted by atomic mass is 9.96. The van der Waals surface area contributed by atoms with E-state index in [1.807, 2.05) is 0 Å². The zero-order valence-corrected chi connectivity index (χ0v) is 13.6. The van der Waals surface area contributed by atoms with Crippen molar-refractivity contribution in [2.24, 2.45) is 0 Å². The molecule has 0 bridgehead atoms. The Morgan fingerprint density at radius 3 is 2.68 bits per heavy atom. The van der Waals surface area contributed by atoms with Gasteiger partial charge in [0.1, 0.15) is 24.4 Å². The number of carbonyl (C=O) groups is 2. The number of rotatable bonds is 7. The second-order valence-corrected chi connectivity index (χ2v) is 5.89.